The first kappa shape index (κ1) is 17.8. The molecule has 0 aliphatic rings. The van der Waals surface area contributed by atoms with Crippen molar-refractivity contribution < 1.29 is 9.47 Å². The van der Waals surface area contributed by atoms with Gasteiger partial charge in [-0.05, 0) is 38.0 Å². The molecule has 0 aliphatic carbocycles. The van der Waals surface area contributed by atoms with Crippen LogP contribution in [0.2, 0.25) is 0 Å². The predicted molar refractivity (Wildman–Crippen MR) is 95.1 cm³/mol. The number of benzene rings is 1. The fraction of sp³-hybridized carbons (Fsp3) is 0.471. The molecule has 2 rings (SSSR count). The Morgan fingerprint density at radius 3 is 2.50 bits per heavy atom. The first-order valence-electron chi connectivity index (χ1n) is 8.11. The molecular formula is C17H25N5O2. The molecule has 0 atom stereocenters. The molecule has 1 aromatic carbocycles. The minimum absolute atomic E-state index is 0.649. The van der Waals surface area contributed by atoms with E-state index in [4.69, 9.17) is 9.47 Å². The predicted octanol–water partition coefficient (Wildman–Crippen LogP) is 2.39. The monoisotopic (exact) mass is 331 g/mol. The summed E-state index contributed by atoms with van der Waals surface area (Å²) in [6.45, 7) is 6.60. The van der Waals surface area contributed by atoms with Gasteiger partial charge in [0.2, 0.25) is 5.95 Å². The van der Waals surface area contributed by atoms with E-state index in [1.807, 2.05) is 18.2 Å². The summed E-state index contributed by atoms with van der Waals surface area (Å²) in [5.41, 5.74) is 1.16. The fourth-order valence-corrected chi connectivity index (χ4v) is 2.39. The second-order valence-corrected chi connectivity index (χ2v) is 5.18. The minimum atomic E-state index is 0.649. The summed E-state index contributed by atoms with van der Waals surface area (Å²) >= 11 is 0. The molecule has 1 heterocycles. The van der Waals surface area contributed by atoms with Crippen LogP contribution in [0.4, 0.5) is 11.8 Å². The van der Waals surface area contributed by atoms with Crippen LogP contribution in [0.1, 0.15) is 19.4 Å². The van der Waals surface area contributed by atoms with Gasteiger partial charge in [-0.15, -0.1) is 5.10 Å². The van der Waals surface area contributed by atoms with Gasteiger partial charge in [0, 0.05) is 19.6 Å². The quantitative estimate of drug-likeness (QED) is 0.756. The number of hydrogen-bond acceptors (Lipinski definition) is 7. The number of methoxy groups -OCH3 is 2. The molecule has 7 nitrogen and oxygen atoms in total. The molecule has 0 radical (unpaired) electrons. The van der Waals surface area contributed by atoms with E-state index < -0.39 is 0 Å². The van der Waals surface area contributed by atoms with E-state index in [2.05, 4.69) is 39.2 Å². The van der Waals surface area contributed by atoms with Crippen molar-refractivity contribution in [3.63, 3.8) is 0 Å². The van der Waals surface area contributed by atoms with Gasteiger partial charge in [-0.25, -0.2) is 0 Å². The Morgan fingerprint density at radius 2 is 1.83 bits per heavy atom. The van der Waals surface area contributed by atoms with E-state index in [1.165, 1.54) is 0 Å². The first-order valence-corrected chi connectivity index (χ1v) is 8.11. The lowest BCUT2D eigenvalue weighted by atomic mass is 10.1. The lowest BCUT2D eigenvalue weighted by Crippen LogP contribution is -2.25. The fourth-order valence-electron chi connectivity index (χ4n) is 2.39. The smallest absolute Gasteiger partial charge is 0.247 e. The van der Waals surface area contributed by atoms with E-state index in [-0.39, 0.29) is 0 Å². The van der Waals surface area contributed by atoms with Gasteiger partial charge in [0.25, 0.3) is 0 Å². The summed E-state index contributed by atoms with van der Waals surface area (Å²) in [4.78, 5) is 6.57. The van der Waals surface area contributed by atoms with Crippen LogP contribution in [0.5, 0.6) is 11.5 Å². The zero-order valence-electron chi connectivity index (χ0n) is 14.7. The van der Waals surface area contributed by atoms with Crippen LogP contribution in [0.25, 0.3) is 0 Å². The Labute approximate surface area is 143 Å². The SMILES string of the molecule is CCN(CC)c1nncc(NCCc2ccc(OC)c(OC)c2)n1. The highest BCUT2D eigenvalue weighted by atomic mass is 16.5. The molecule has 0 bridgehead atoms. The molecule has 0 saturated carbocycles. The molecular weight excluding hydrogens is 306 g/mol. The Hall–Kier alpha value is -2.57. The maximum absolute atomic E-state index is 5.33. The second-order valence-electron chi connectivity index (χ2n) is 5.18. The summed E-state index contributed by atoms with van der Waals surface area (Å²) in [5.74, 6) is 2.85. The van der Waals surface area contributed by atoms with Gasteiger partial charge in [-0.1, -0.05) is 6.07 Å². The lowest BCUT2D eigenvalue weighted by molar-refractivity contribution is 0.354. The largest absolute Gasteiger partial charge is 0.493 e. The highest BCUT2D eigenvalue weighted by Crippen LogP contribution is 2.27. The Kier molecular flexibility index (Phi) is 6.60. The van der Waals surface area contributed by atoms with E-state index in [0.717, 1.165) is 48.9 Å². The van der Waals surface area contributed by atoms with Gasteiger partial charge in [-0.2, -0.15) is 10.1 Å². The summed E-state index contributed by atoms with van der Waals surface area (Å²) in [7, 11) is 3.27. The third kappa shape index (κ3) is 4.47. The molecule has 1 N–H and O–H groups in total. The van der Waals surface area contributed by atoms with E-state index in [1.54, 1.807) is 20.4 Å². The maximum atomic E-state index is 5.33. The van der Waals surface area contributed by atoms with Crippen molar-refractivity contribution in [2.24, 2.45) is 0 Å². The molecule has 0 unspecified atom stereocenters. The zero-order chi connectivity index (χ0) is 17.4. The van der Waals surface area contributed by atoms with Crippen LogP contribution in [0.3, 0.4) is 0 Å². The van der Waals surface area contributed by atoms with Crippen LogP contribution in [-0.2, 0) is 6.42 Å². The Bertz CT molecular complexity index is 647. The number of nitrogens with one attached hydrogen (secondary N) is 1. The van der Waals surface area contributed by atoms with Crippen molar-refractivity contribution in [1.29, 1.82) is 0 Å². The van der Waals surface area contributed by atoms with Gasteiger partial charge < -0.3 is 19.7 Å². The molecule has 130 valence electrons. The minimum Gasteiger partial charge on any atom is -0.493 e. The zero-order valence-corrected chi connectivity index (χ0v) is 14.7. The van der Waals surface area contributed by atoms with Gasteiger partial charge in [0.15, 0.2) is 17.3 Å². The summed E-state index contributed by atoms with van der Waals surface area (Å²) in [5, 5.41) is 11.4. The highest BCUT2D eigenvalue weighted by Gasteiger charge is 2.07. The van der Waals surface area contributed by atoms with Crippen molar-refractivity contribution in [1.82, 2.24) is 15.2 Å². The molecule has 1 aromatic heterocycles. The second kappa shape index (κ2) is 8.90. The van der Waals surface area contributed by atoms with E-state index in [0.29, 0.717) is 5.95 Å². The van der Waals surface area contributed by atoms with Gasteiger partial charge in [0.05, 0.1) is 20.4 Å². The van der Waals surface area contributed by atoms with Crippen molar-refractivity contribution >= 4 is 11.8 Å². The molecule has 7 heteroatoms. The number of ether oxygens (including phenoxy) is 2. The molecule has 0 spiro atoms. The third-order valence-electron chi connectivity index (χ3n) is 3.76. The standard InChI is InChI=1S/C17H25N5O2/c1-5-22(6-2)17-20-16(12-19-21-17)18-10-9-13-7-8-14(23-3)15(11-13)24-4/h7-8,11-12H,5-6,9-10H2,1-4H3,(H,18,20,21). The van der Waals surface area contributed by atoms with Crippen LogP contribution in [0.15, 0.2) is 24.4 Å². The van der Waals surface area contributed by atoms with E-state index >= 15 is 0 Å². The third-order valence-corrected chi connectivity index (χ3v) is 3.76. The molecule has 0 aliphatic heterocycles. The van der Waals surface area contributed by atoms with Gasteiger partial charge >= 0.3 is 0 Å². The van der Waals surface area contributed by atoms with E-state index in [9.17, 15) is 0 Å². The van der Waals surface area contributed by atoms with Crippen LogP contribution < -0.4 is 19.7 Å². The average Bonchev–Trinajstić information content (AvgIpc) is 2.63. The number of rotatable bonds is 9. The van der Waals surface area contributed by atoms with Crippen LogP contribution in [-0.4, -0.2) is 49.0 Å². The maximum Gasteiger partial charge on any atom is 0.247 e. The van der Waals surface area contributed by atoms with Crippen molar-refractivity contribution in [3.8, 4) is 11.5 Å². The molecule has 0 saturated heterocycles. The topological polar surface area (TPSA) is 72.4 Å². The number of nitrogens with zero attached hydrogens (tertiary/aromatic N) is 4. The van der Waals surface area contributed by atoms with Crippen molar-refractivity contribution in [2.75, 3.05) is 44.1 Å². The number of aromatic nitrogens is 3. The van der Waals surface area contributed by atoms with Gasteiger partial charge in [-0.3, -0.25) is 0 Å². The van der Waals surface area contributed by atoms with Crippen molar-refractivity contribution in [3.05, 3.63) is 30.0 Å². The number of anilines is 2. The lowest BCUT2D eigenvalue weighted by Gasteiger charge is -2.18. The summed E-state index contributed by atoms with van der Waals surface area (Å²) < 4.78 is 10.6. The summed E-state index contributed by atoms with van der Waals surface area (Å²) in [6, 6.07) is 5.93. The van der Waals surface area contributed by atoms with Gasteiger partial charge in [0.1, 0.15) is 0 Å². The number of hydrogen-bond donors (Lipinski definition) is 1. The Morgan fingerprint density at radius 1 is 1.08 bits per heavy atom. The molecule has 24 heavy (non-hydrogen) atoms. The normalized spacial score (nSPS) is 10.3. The van der Waals surface area contributed by atoms with Crippen molar-refractivity contribution in [2.45, 2.75) is 20.3 Å². The Balaban J connectivity index is 1.96. The van der Waals surface area contributed by atoms with Crippen LogP contribution in [0, 0.1) is 0 Å². The first-order chi connectivity index (χ1) is 11.7. The molecule has 0 fully saturated rings. The average molecular weight is 331 g/mol. The molecule has 0 amide bonds. The van der Waals surface area contributed by atoms with Crippen LogP contribution >= 0.6 is 0 Å². The summed E-state index contributed by atoms with van der Waals surface area (Å²) in [6.07, 6.45) is 2.48. The molecule has 2 aromatic rings. The highest BCUT2D eigenvalue weighted by molar-refractivity contribution is 5.43.